The standard InChI is InChI=1S/C6H12O2/c1-5-2-3-6(7)4-8-5/h5-7H,2-4H2,1H3/t5-,6?/m1/s1. The lowest BCUT2D eigenvalue weighted by Gasteiger charge is -2.22. The molecule has 1 saturated heterocycles. The lowest BCUT2D eigenvalue weighted by molar-refractivity contribution is -0.0472. The first-order valence-corrected chi connectivity index (χ1v) is 3.08. The Labute approximate surface area is 49.5 Å². The van der Waals surface area contributed by atoms with E-state index in [0.717, 1.165) is 12.8 Å². The van der Waals surface area contributed by atoms with Crippen LogP contribution < -0.4 is 0 Å². The van der Waals surface area contributed by atoms with E-state index in [2.05, 4.69) is 0 Å². The second-order valence-corrected chi connectivity index (χ2v) is 2.38. The highest BCUT2D eigenvalue weighted by Gasteiger charge is 2.14. The molecule has 0 aromatic carbocycles. The Morgan fingerprint density at radius 3 is 2.62 bits per heavy atom. The summed E-state index contributed by atoms with van der Waals surface area (Å²) < 4.78 is 5.14. The van der Waals surface area contributed by atoms with Gasteiger partial charge < -0.3 is 9.84 Å². The number of hydrogen-bond donors (Lipinski definition) is 1. The Kier molecular flexibility index (Phi) is 1.86. The van der Waals surface area contributed by atoms with Crippen LogP contribution in [0.3, 0.4) is 0 Å². The maximum atomic E-state index is 8.90. The molecule has 1 heterocycles. The highest BCUT2D eigenvalue weighted by atomic mass is 16.5. The lowest BCUT2D eigenvalue weighted by atomic mass is 10.1. The van der Waals surface area contributed by atoms with Crippen LogP contribution in [-0.2, 0) is 4.74 Å². The molecule has 1 unspecified atom stereocenters. The van der Waals surface area contributed by atoms with E-state index in [4.69, 9.17) is 9.84 Å². The first-order valence-electron chi connectivity index (χ1n) is 3.08. The van der Waals surface area contributed by atoms with Gasteiger partial charge in [-0.3, -0.25) is 0 Å². The predicted octanol–water partition coefficient (Wildman–Crippen LogP) is 0.546. The maximum absolute atomic E-state index is 8.90. The average molecular weight is 116 g/mol. The van der Waals surface area contributed by atoms with E-state index in [1.165, 1.54) is 0 Å². The number of aliphatic hydroxyl groups is 1. The van der Waals surface area contributed by atoms with Crippen molar-refractivity contribution < 1.29 is 9.84 Å². The number of rotatable bonds is 0. The normalized spacial score (nSPS) is 39.8. The number of aliphatic hydroxyl groups excluding tert-OH is 1. The zero-order valence-electron chi connectivity index (χ0n) is 5.13. The van der Waals surface area contributed by atoms with Crippen LogP contribution in [0.2, 0.25) is 0 Å². The zero-order valence-corrected chi connectivity index (χ0v) is 5.13. The van der Waals surface area contributed by atoms with Crippen molar-refractivity contribution in [2.75, 3.05) is 6.61 Å². The van der Waals surface area contributed by atoms with Crippen LogP contribution in [0.5, 0.6) is 0 Å². The van der Waals surface area contributed by atoms with Crippen molar-refractivity contribution in [2.24, 2.45) is 0 Å². The van der Waals surface area contributed by atoms with Gasteiger partial charge in [-0.25, -0.2) is 0 Å². The molecule has 2 heteroatoms. The molecule has 1 fully saturated rings. The van der Waals surface area contributed by atoms with Gasteiger partial charge in [-0.15, -0.1) is 0 Å². The molecule has 0 saturated carbocycles. The lowest BCUT2D eigenvalue weighted by Crippen LogP contribution is -2.26. The minimum atomic E-state index is -0.203. The molecule has 8 heavy (non-hydrogen) atoms. The zero-order chi connectivity index (χ0) is 5.98. The van der Waals surface area contributed by atoms with Crippen molar-refractivity contribution in [1.29, 1.82) is 0 Å². The third-order valence-electron chi connectivity index (χ3n) is 1.48. The van der Waals surface area contributed by atoms with Crippen molar-refractivity contribution in [3.63, 3.8) is 0 Å². The Bertz CT molecular complexity index is 54.9. The van der Waals surface area contributed by atoms with E-state index in [9.17, 15) is 0 Å². The van der Waals surface area contributed by atoms with Gasteiger partial charge in [0.25, 0.3) is 0 Å². The van der Waals surface area contributed by atoms with E-state index < -0.39 is 0 Å². The van der Waals surface area contributed by atoms with Gasteiger partial charge in [0, 0.05) is 0 Å². The van der Waals surface area contributed by atoms with Crippen molar-refractivity contribution >= 4 is 0 Å². The third kappa shape index (κ3) is 1.46. The van der Waals surface area contributed by atoms with Crippen molar-refractivity contribution in [2.45, 2.75) is 32.0 Å². The molecule has 0 aromatic heterocycles. The molecule has 1 N–H and O–H groups in total. The first-order chi connectivity index (χ1) is 3.79. The fourth-order valence-electron chi connectivity index (χ4n) is 0.869. The van der Waals surface area contributed by atoms with Crippen LogP contribution in [0, 0.1) is 0 Å². The summed E-state index contributed by atoms with van der Waals surface area (Å²) in [6.07, 6.45) is 2.06. The highest BCUT2D eigenvalue weighted by Crippen LogP contribution is 2.11. The summed E-state index contributed by atoms with van der Waals surface area (Å²) in [6, 6.07) is 0. The molecule has 0 aliphatic carbocycles. The average Bonchev–Trinajstić information content (AvgIpc) is 1.77. The monoisotopic (exact) mass is 116 g/mol. The fourth-order valence-corrected chi connectivity index (χ4v) is 0.869. The van der Waals surface area contributed by atoms with E-state index in [1.54, 1.807) is 0 Å². The topological polar surface area (TPSA) is 29.5 Å². The van der Waals surface area contributed by atoms with Gasteiger partial charge in [-0.1, -0.05) is 0 Å². The Morgan fingerprint density at radius 2 is 2.25 bits per heavy atom. The quantitative estimate of drug-likeness (QED) is 0.500. The largest absolute Gasteiger partial charge is 0.391 e. The number of hydrogen-bond acceptors (Lipinski definition) is 2. The number of ether oxygens (including phenoxy) is 1. The molecule has 1 aliphatic rings. The summed E-state index contributed by atoms with van der Waals surface area (Å²) in [5.41, 5.74) is 0. The summed E-state index contributed by atoms with van der Waals surface area (Å²) >= 11 is 0. The second-order valence-electron chi connectivity index (χ2n) is 2.38. The van der Waals surface area contributed by atoms with Crippen LogP contribution in [0.4, 0.5) is 0 Å². The molecule has 1 aliphatic heterocycles. The van der Waals surface area contributed by atoms with Crippen molar-refractivity contribution in [1.82, 2.24) is 0 Å². The second kappa shape index (κ2) is 2.46. The van der Waals surface area contributed by atoms with Gasteiger partial charge in [0.05, 0.1) is 18.8 Å². The van der Waals surface area contributed by atoms with Gasteiger partial charge in [0.2, 0.25) is 0 Å². The highest BCUT2D eigenvalue weighted by molar-refractivity contribution is 4.64. The SMILES string of the molecule is C[C@@H]1CCC(O)CO1. The molecule has 0 radical (unpaired) electrons. The Hall–Kier alpha value is -0.0800. The van der Waals surface area contributed by atoms with E-state index >= 15 is 0 Å². The third-order valence-corrected chi connectivity index (χ3v) is 1.48. The van der Waals surface area contributed by atoms with Crippen molar-refractivity contribution in [3.8, 4) is 0 Å². The molecule has 2 nitrogen and oxygen atoms in total. The summed E-state index contributed by atoms with van der Waals surface area (Å²) in [5.74, 6) is 0. The van der Waals surface area contributed by atoms with Gasteiger partial charge in [-0.2, -0.15) is 0 Å². The molecule has 2 atom stereocenters. The summed E-state index contributed by atoms with van der Waals surface area (Å²) in [5, 5.41) is 8.90. The molecule has 0 aromatic rings. The van der Waals surface area contributed by atoms with E-state index in [-0.39, 0.29) is 6.10 Å². The fraction of sp³-hybridized carbons (Fsp3) is 1.00. The van der Waals surface area contributed by atoms with Crippen LogP contribution >= 0.6 is 0 Å². The molecular weight excluding hydrogens is 104 g/mol. The van der Waals surface area contributed by atoms with E-state index in [0.29, 0.717) is 12.7 Å². The van der Waals surface area contributed by atoms with Crippen LogP contribution in [0.1, 0.15) is 19.8 Å². The van der Waals surface area contributed by atoms with Gasteiger partial charge in [0.15, 0.2) is 0 Å². The Balaban J connectivity index is 2.19. The molecular formula is C6H12O2. The van der Waals surface area contributed by atoms with Gasteiger partial charge in [0.1, 0.15) is 0 Å². The summed E-state index contributed by atoms with van der Waals surface area (Å²) in [7, 11) is 0. The molecule has 0 amide bonds. The van der Waals surface area contributed by atoms with Crippen LogP contribution in [-0.4, -0.2) is 23.9 Å². The molecule has 0 bridgehead atoms. The smallest absolute Gasteiger partial charge is 0.0774 e. The minimum absolute atomic E-state index is 0.203. The molecule has 0 spiro atoms. The summed E-state index contributed by atoms with van der Waals surface area (Å²) in [4.78, 5) is 0. The minimum Gasteiger partial charge on any atom is -0.391 e. The first kappa shape index (κ1) is 6.05. The Morgan fingerprint density at radius 1 is 1.50 bits per heavy atom. The predicted molar refractivity (Wildman–Crippen MR) is 30.7 cm³/mol. The van der Waals surface area contributed by atoms with Gasteiger partial charge in [-0.05, 0) is 19.8 Å². The maximum Gasteiger partial charge on any atom is 0.0774 e. The van der Waals surface area contributed by atoms with Gasteiger partial charge >= 0.3 is 0 Å². The van der Waals surface area contributed by atoms with Crippen LogP contribution in [0.25, 0.3) is 0 Å². The molecule has 48 valence electrons. The summed E-state index contributed by atoms with van der Waals surface area (Å²) in [6.45, 7) is 2.56. The van der Waals surface area contributed by atoms with Crippen molar-refractivity contribution in [3.05, 3.63) is 0 Å². The molecule has 1 rings (SSSR count). The van der Waals surface area contributed by atoms with Crippen LogP contribution in [0.15, 0.2) is 0 Å². The van der Waals surface area contributed by atoms with E-state index in [1.807, 2.05) is 6.92 Å².